The van der Waals surface area contributed by atoms with Crippen LogP contribution in [0.2, 0.25) is 0 Å². The summed E-state index contributed by atoms with van der Waals surface area (Å²) >= 11 is 0. The monoisotopic (exact) mass is 550 g/mol. The molecular weight excluding hydrogens is 519 g/mol. The molecule has 6 nitrogen and oxygen atoms in total. The average Bonchev–Trinajstić information content (AvgIpc) is 2.92. The average molecular weight is 552 g/mol. The van der Waals surface area contributed by atoms with Crippen LogP contribution in [-0.2, 0) is 6.54 Å². The number of nitrogens with one attached hydrogen (secondary N) is 2. The van der Waals surface area contributed by atoms with Crippen LogP contribution < -0.4 is 20.7 Å². The van der Waals surface area contributed by atoms with E-state index in [-0.39, 0.29) is 42.7 Å². The van der Waals surface area contributed by atoms with Gasteiger partial charge in [0, 0.05) is 16.8 Å². The fourth-order valence-corrected chi connectivity index (χ4v) is 4.57. The number of nitrogens with zero attached hydrogens (tertiary/aromatic N) is 1. The molecule has 1 aliphatic heterocycles. The van der Waals surface area contributed by atoms with Gasteiger partial charge in [-0.1, -0.05) is 42.5 Å². The van der Waals surface area contributed by atoms with Crippen LogP contribution >= 0.6 is 24.8 Å². The van der Waals surface area contributed by atoms with E-state index in [1.807, 2.05) is 84.9 Å². The van der Waals surface area contributed by atoms with Gasteiger partial charge in [-0.2, -0.15) is 0 Å². The van der Waals surface area contributed by atoms with E-state index in [0.717, 1.165) is 53.7 Å². The number of hydrogen-bond donors (Lipinski definition) is 3. The fourth-order valence-electron chi connectivity index (χ4n) is 4.57. The molecule has 4 N–H and O–H groups in total. The molecule has 1 amide bonds. The number of piperidine rings is 1. The molecule has 1 saturated heterocycles. The second kappa shape index (κ2) is 13.3. The number of carbonyl (C=O) groups is 1. The Kier molecular flexibility index (Phi) is 10.1. The van der Waals surface area contributed by atoms with Crippen molar-refractivity contribution in [3.05, 3.63) is 108 Å². The van der Waals surface area contributed by atoms with E-state index < -0.39 is 0 Å². The van der Waals surface area contributed by atoms with Gasteiger partial charge in [-0.15, -0.1) is 24.8 Å². The lowest BCUT2D eigenvalue weighted by atomic mass is 10.0. The van der Waals surface area contributed by atoms with Gasteiger partial charge in [0.1, 0.15) is 17.7 Å². The fraction of sp³-hybridized carbons (Fsp3) is 0.200. The Morgan fingerprint density at radius 1 is 0.868 bits per heavy atom. The lowest BCUT2D eigenvalue weighted by Crippen LogP contribution is -2.34. The van der Waals surface area contributed by atoms with Crippen molar-refractivity contribution in [2.24, 2.45) is 5.73 Å². The molecule has 38 heavy (non-hydrogen) atoms. The number of amides is 1. The van der Waals surface area contributed by atoms with Crippen molar-refractivity contribution in [1.82, 2.24) is 5.32 Å². The number of carbonyl (C=O) groups excluding carboxylic acids is 1. The Labute approximate surface area is 235 Å². The summed E-state index contributed by atoms with van der Waals surface area (Å²) in [4.78, 5) is 15.4. The molecule has 0 atom stereocenters. The minimum absolute atomic E-state index is 0. The maximum atomic E-state index is 13.6. The maximum Gasteiger partial charge on any atom is 0.258 e. The molecule has 0 bridgehead atoms. The summed E-state index contributed by atoms with van der Waals surface area (Å²) in [5.74, 6) is 0.787. The highest BCUT2D eigenvalue weighted by atomic mass is 35.5. The summed E-state index contributed by atoms with van der Waals surface area (Å²) in [6, 6.07) is 29.0. The zero-order valence-corrected chi connectivity index (χ0v) is 22.6. The van der Waals surface area contributed by atoms with Crippen LogP contribution in [0, 0.1) is 5.41 Å². The summed E-state index contributed by atoms with van der Waals surface area (Å²) in [5.41, 5.74) is 8.80. The predicted molar refractivity (Wildman–Crippen MR) is 159 cm³/mol. The quantitative estimate of drug-likeness (QED) is 0.196. The number of amidine groups is 1. The van der Waals surface area contributed by atoms with Crippen molar-refractivity contribution >= 4 is 53.0 Å². The molecule has 1 fully saturated rings. The summed E-state index contributed by atoms with van der Waals surface area (Å²) in [5, 5.41) is 13.1. The topological polar surface area (TPSA) is 91.4 Å². The van der Waals surface area contributed by atoms with Crippen LogP contribution in [0.5, 0.6) is 5.75 Å². The molecule has 0 unspecified atom stereocenters. The Balaban J connectivity index is 0.00000200. The number of nitrogen functional groups attached to an aromatic ring is 1. The molecule has 4 aromatic carbocycles. The molecular formula is C30H32Cl2N4O2. The number of anilines is 1. The van der Waals surface area contributed by atoms with Crippen molar-refractivity contribution in [1.29, 1.82) is 5.41 Å². The number of nitrogens with two attached hydrogens (primary N) is 1. The van der Waals surface area contributed by atoms with E-state index in [4.69, 9.17) is 15.9 Å². The number of rotatable bonds is 7. The van der Waals surface area contributed by atoms with Crippen molar-refractivity contribution < 1.29 is 9.53 Å². The lowest BCUT2D eigenvalue weighted by molar-refractivity contribution is 0.0985. The van der Waals surface area contributed by atoms with Crippen LogP contribution in [0.25, 0.3) is 10.8 Å². The standard InChI is InChI=1S/C30H30N4O2.2ClH/c31-29(32)24-9-8-22-7-6-21(18-25(22)19-24)20-34(30(35)23-4-2-1-3-5-23)26-10-12-27(13-11-26)36-28-14-16-33-17-15-28;;/h1-13,18-19,28,33H,14-17,20H2,(H3,31,32);2*1H. The smallest absolute Gasteiger partial charge is 0.258 e. The molecule has 0 radical (unpaired) electrons. The van der Waals surface area contributed by atoms with Crippen molar-refractivity contribution in [3.8, 4) is 5.75 Å². The number of halogens is 2. The molecule has 0 saturated carbocycles. The summed E-state index contributed by atoms with van der Waals surface area (Å²) in [6.07, 6.45) is 2.21. The van der Waals surface area contributed by atoms with E-state index in [9.17, 15) is 4.79 Å². The van der Waals surface area contributed by atoms with Gasteiger partial charge in [0.15, 0.2) is 0 Å². The largest absolute Gasteiger partial charge is 0.490 e. The van der Waals surface area contributed by atoms with Gasteiger partial charge in [0.2, 0.25) is 0 Å². The van der Waals surface area contributed by atoms with Gasteiger partial charge in [0.05, 0.1) is 6.54 Å². The molecule has 1 heterocycles. The molecule has 0 aliphatic carbocycles. The number of fused-ring (bicyclic) bond motifs is 1. The summed E-state index contributed by atoms with van der Waals surface area (Å²) < 4.78 is 6.16. The van der Waals surface area contributed by atoms with Gasteiger partial charge >= 0.3 is 0 Å². The van der Waals surface area contributed by atoms with Crippen molar-refractivity contribution in [2.45, 2.75) is 25.5 Å². The van der Waals surface area contributed by atoms with Crippen molar-refractivity contribution in [2.75, 3.05) is 18.0 Å². The Morgan fingerprint density at radius 3 is 2.24 bits per heavy atom. The first-order valence-corrected chi connectivity index (χ1v) is 12.3. The first-order valence-electron chi connectivity index (χ1n) is 12.3. The Hall–Kier alpha value is -3.58. The zero-order chi connectivity index (χ0) is 24.9. The van der Waals surface area contributed by atoms with Gasteiger partial charge in [-0.25, -0.2) is 0 Å². The maximum absolute atomic E-state index is 13.6. The van der Waals surface area contributed by atoms with Gasteiger partial charge in [0.25, 0.3) is 5.91 Å². The van der Waals surface area contributed by atoms with Crippen LogP contribution in [-0.4, -0.2) is 30.9 Å². The van der Waals surface area contributed by atoms with E-state index in [1.54, 1.807) is 4.90 Å². The first-order chi connectivity index (χ1) is 17.6. The molecule has 198 valence electrons. The second-order valence-electron chi connectivity index (χ2n) is 9.13. The minimum Gasteiger partial charge on any atom is -0.490 e. The van der Waals surface area contributed by atoms with E-state index in [2.05, 4.69) is 11.4 Å². The first kappa shape index (κ1) is 29.0. The van der Waals surface area contributed by atoms with E-state index in [0.29, 0.717) is 17.7 Å². The van der Waals surface area contributed by atoms with Gasteiger partial charge < -0.3 is 20.7 Å². The van der Waals surface area contributed by atoms with Crippen LogP contribution in [0.3, 0.4) is 0 Å². The van der Waals surface area contributed by atoms with E-state index >= 15 is 0 Å². The third-order valence-corrected chi connectivity index (χ3v) is 6.56. The molecule has 8 heteroatoms. The Morgan fingerprint density at radius 2 is 1.55 bits per heavy atom. The summed E-state index contributed by atoms with van der Waals surface area (Å²) in [6.45, 7) is 2.35. The number of hydrogen-bond acceptors (Lipinski definition) is 4. The third-order valence-electron chi connectivity index (χ3n) is 6.56. The third kappa shape index (κ3) is 6.84. The van der Waals surface area contributed by atoms with Crippen LogP contribution in [0.15, 0.2) is 91.0 Å². The lowest BCUT2D eigenvalue weighted by Gasteiger charge is -2.25. The highest BCUT2D eigenvalue weighted by Crippen LogP contribution is 2.26. The molecule has 5 rings (SSSR count). The van der Waals surface area contributed by atoms with Crippen LogP contribution in [0.4, 0.5) is 5.69 Å². The van der Waals surface area contributed by atoms with Crippen molar-refractivity contribution in [3.63, 3.8) is 0 Å². The highest BCUT2D eigenvalue weighted by molar-refractivity contribution is 6.06. The second-order valence-corrected chi connectivity index (χ2v) is 9.13. The van der Waals surface area contributed by atoms with Gasteiger partial charge in [-0.05, 0) is 90.8 Å². The molecule has 4 aromatic rings. The SMILES string of the molecule is Cl.Cl.N=C(N)c1ccc2ccc(CN(C(=O)c3ccccc3)c3ccc(OC4CCNCC4)cc3)cc2c1. The molecule has 1 aliphatic rings. The number of ether oxygens (including phenoxy) is 1. The molecule has 0 spiro atoms. The van der Waals surface area contributed by atoms with E-state index in [1.165, 1.54) is 0 Å². The Bertz CT molecular complexity index is 1370. The minimum atomic E-state index is -0.0693. The van der Waals surface area contributed by atoms with Gasteiger partial charge in [-0.3, -0.25) is 10.2 Å². The number of benzene rings is 4. The van der Waals surface area contributed by atoms with Crippen LogP contribution in [0.1, 0.15) is 34.3 Å². The zero-order valence-electron chi connectivity index (χ0n) is 20.9. The highest BCUT2D eigenvalue weighted by Gasteiger charge is 2.19. The molecule has 0 aromatic heterocycles. The predicted octanol–water partition coefficient (Wildman–Crippen LogP) is 5.95. The normalized spacial score (nSPS) is 13.2. The summed E-state index contributed by atoms with van der Waals surface area (Å²) in [7, 11) is 0.